The van der Waals surface area contributed by atoms with Crippen molar-refractivity contribution >= 4 is 35.6 Å². The second kappa shape index (κ2) is 10.2. The van der Waals surface area contributed by atoms with E-state index < -0.39 is 73.1 Å². The minimum atomic E-state index is -1.53. The van der Waals surface area contributed by atoms with Crippen LogP contribution in [0.4, 0.5) is 0 Å². The van der Waals surface area contributed by atoms with E-state index in [4.69, 9.17) is 21.7 Å². The number of rotatable bonds is 10. The highest BCUT2D eigenvalue weighted by Gasteiger charge is 2.36. The number of carbonyl (C=O) groups excluding carboxylic acids is 4. The van der Waals surface area contributed by atoms with Gasteiger partial charge in [-0.3, -0.25) is 24.0 Å². The maximum Gasteiger partial charge on any atom is 0.326 e. The minimum absolute atomic E-state index is 0.218. The predicted molar refractivity (Wildman–Crippen MR) is 91.4 cm³/mol. The topological polar surface area (TPSA) is 222 Å². The first-order valence-corrected chi connectivity index (χ1v) is 8.39. The van der Waals surface area contributed by atoms with Crippen molar-refractivity contribution in [3.05, 3.63) is 0 Å². The van der Waals surface area contributed by atoms with Crippen molar-refractivity contribution in [2.45, 2.75) is 43.8 Å². The van der Waals surface area contributed by atoms with Crippen molar-refractivity contribution in [2.24, 2.45) is 11.5 Å². The summed E-state index contributed by atoms with van der Waals surface area (Å²) in [4.78, 5) is 69.9. The zero-order chi connectivity index (χ0) is 21.4. The molecule has 0 aromatic carbocycles. The Labute approximate surface area is 159 Å². The molecule has 0 spiro atoms. The van der Waals surface area contributed by atoms with Crippen LogP contribution in [-0.2, 0) is 28.8 Å². The lowest BCUT2D eigenvalue weighted by atomic mass is 10.1. The van der Waals surface area contributed by atoms with Crippen molar-refractivity contribution in [1.29, 1.82) is 0 Å². The van der Waals surface area contributed by atoms with Crippen LogP contribution >= 0.6 is 0 Å². The first-order chi connectivity index (χ1) is 13.0. The predicted octanol–water partition coefficient (Wildman–Crippen LogP) is -3.66. The lowest BCUT2D eigenvalue weighted by Crippen LogP contribution is -2.53. The number of carboxylic acid groups (broad SMARTS) is 2. The highest BCUT2D eigenvalue weighted by molar-refractivity contribution is 5.94. The van der Waals surface area contributed by atoms with Crippen molar-refractivity contribution in [1.82, 2.24) is 15.5 Å². The highest BCUT2D eigenvalue weighted by atomic mass is 16.4. The molecule has 1 aliphatic heterocycles. The second-order valence-electron chi connectivity index (χ2n) is 6.24. The molecule has 0 aromatic rings. The molecule has 13 nitrogen and oxygen atoms in total. The molecule has 3 unspecified atom stereocenters. The number of carbonyl (C=O) groups is 6. The Balaban J connectivity index is 2.60. The minimum Gasteiger partial charge on any atom is -0.481 e. The Bertz CT molecular complexity index is 667. The first kappa shape index (κ1) is 22.8. The molecule has 4 amide bonds. The molecule has 28 heavy (non-hydrogen) atoms. The van der Waals surface area contributed by atoms with Crippen LogP contribution in [0.15, 0.2) is 0 Å². The summed E-state index contributed by atoms with van der Waals surface area (Å²) in [6.45, 7) is -0.364. The largest absolute Gasteiger partial charge is 0.481 e. The monoisotopic (exact) mass is 401 g/mol. The van der Waals surface area contributed by atoms with Gasteiger partial charge in [0.15, 0.2) is 0 Å². The SMILES string of the molecule is NC(=O)CC(NC(=O)CNC(=O)C1CCCN1C(=O)C(N)CC(=O)O)C(=O)O. The van der Waals surface area contributed by atoms with Crippen molar-refractivity contribution < 1.29 is 39.0 Å². The number of nitrogens with one attached hydrogen (secondary N) is 2. The van der Waals surface area contributed by atoms with E-state index >= 15 is 0 Å². The van der Waals surface area contributed by atoms with Gasteiger partial charge in [-0.1, -0.05) is 0 Å². The van der Waals surface area contributed by atoms with Gasteiger partial charge in [0.25, 0.3) is 0 Å². The zero-order valence-corrected chi connectivity index (χ0v) is 14.9. The fourth-order valence-electron chi connectivity index (χ4n) is 2.72. The van der Waals surface area contributed by atoms with E-state index in [-0.39, 0.29) is 6.54 Å². The Kier molecular flexibility index (Phi) is 8.31. The molecule has 1 aliphatic rings. The van der Waals surface area contributed by atoms with E-state index in [1.807, 2.05) is 5.32 Å². The zero-order valence-electron chi connectivity index (χ0n) is 14.9. The molecular weight excluding hydrogens is 378 g/mol. The van der Waals surface area contributed by atoms with Gasteiger partial charge in [-0.15, -0.1) is 0 Å². The molecule has 1 saturated heterocycles. The Morgan fingerprint density at radius 2 is 1.75 bits per heavy atom. The van der Waals surface area contributed by atoms with Gasteiger partial charge >= 0.3 is 11.9 Å². The van der Waals surface area contributed by atoms with Crippen LogP contribution in [0.3, 0.4) is 0 Å². The third-order valence-electron chi connectivity index (χ3n) is 4.01. The molecule has 0 aromatic heterocycles. The van der Waals surface area contributed by atoms with E-state index in [2.05, 4.69) is 5.32 Å². The van der Waals surface area contributed by atoms with Crippen molar-refractivity contribution in [3.63, 3.8) is 0 Å². The third kappa shape index (κ3) is 6.83. The average molecular weight is 401 g/mol. The highest BCUT2D eigenvalue weighted by Crippen LogP contribution is 2.18. The van der Waals surface area contributed by atoms with Crippen LogP contribution < -0.4 is 22.1 Å². The van der Waals surface area contributed by atoms with Crippen LogP contribution in [0.2, 0.25) is 0 Å². The van der Waals surface area contributed by atoms with Gasteiger partial charge in [-0.25, -0.2) is 4.79 Å². The summed E-state index contributed by atoms with van der Waals surface area (Å²) >= 11 is 0. The number of nitrogens with two attached hydrogens (primary N) is 2. The van der Waals surface area contributed by atoms with Gasteiger partial charge in [0.05, 0.1) is 25.4 Å². The number of aliphatic carboxylic acids is 2. The van der Waals surface area contributed by atoms with Crippen LogP contribution in [0.25, 0.3) is 0 Å². The summed E-state index contributed by atoms with van der Waals surface area (Å²) in [5, 5.41) is 22.0. The molecule has 0 saturated carbocycles. The number of carboxylic acids is 2. The van der Waals surface area contributed by atoms with Crippen LogP contribution in [0, 0.1) is 0 Å². The van der Waals surface area contributed by atoms with Crippen LogP contribution in [-0.4, -0.2) is 81.9 Å². The van der Waals surface area contributed by atoms with Gasteiger partial charge in [0, 0.05) is 6.54 Å². The molecule has 156 valence electrons. The van der Waals surface area contributed by atoms with Gasteiger partial charge in [-0.05, 0) is 12.8 Å². The lowest BCUT2D eigenvalue weighted by Gasteiger charge is -2.26. The van der Waals surface area contributed by atoms with Crippen LogP contribution in [0.5, 0.6) is 0 Å². The molecule has 13 heteroatoms. The van der Waals surface area contributed by atoms with Gasteiger partial charge in [-0.2, -0.15) is 0 Å². The Morgan fingerprint density at radius 1 is 1.11 bits per heavy atom. The Hall–Kier alpha value is -3.22. The third-order valence-corrected chi connectivity index (χ3v) is 4.01. The number of hydrogen-bond acceptors (Lipinski definition) is 7. The molecule has 0 radical (unpaired) electrons. The van der Waals surface area contributed by atoms with E-state index in [0.717, 1.165) is 4.90 Å². The van der Waals surface area contributed by atoms with E-state index in [1.165, 1.54) is 0 Å². The first-order valence-electron chi connectivity index (χ1n) is 8.39. The summed E-state index contributed by atoms with van der Waals surface area (Å²) < 4.78 is 0. The summed E-state index contributed by atoms with van der Waals surface area (Å²) in [6.07, 6.45) is -0.391. The number of likely N-dealkylation sites (tertiary alicyclic amines) is 1. The van der Waals surface area contributed by atoms with E-state index in [1.54, 1.807) is 0 Å². The van der Waals surface area contributed by atoms with E-state index in [9.17, 15) is 28.8 Å². The number of nitrogens with zero attached hydrogens (tertiary/aromatic N) is 1. The second-order valence-corrected chi connectivity index (χ2v) is 6.24. The fraction of sp³-hybridized carbons (Fsp3) is 0.600. The molecule has 0 aliphatic carbocycles. The average Bonchev–Trinajstić information content (AvgIpc) is 3.06. The molecule has 1 rings (SSSR count). The molecule has 1 heterocycles. The summed E-state index contributed by atoms with van der Waals surface area (Å²) in [5.41, 5.74) is 10.4. The van der Waals surface area contributed by atoms with Crippen LogP contribution in [0.1, 0.15) is 25.7 Å². The molecule has 3 atom stereocenters. The van der Waals surface area contributed by atoms with Gasteiger partial charge < -0.3 is 37.2 Å². The molecular formula is C15H23N5O8. The maximum absolute atomic E-state index is 12.3. The number of amides is 4. The quantitative estimate of drug-likeness (QED) is 0.212. The standard InChI is InChI=1S/C15H23N5O8/c16-7(4-12(23)24)14(26)20-3-1-2-9(20)13(25)18-6-11(22)19-8(15(27)28)5-10(17)21/h7-9H,1-6,16H2,(H2,17,21)(H,18,25)(H,19,22)(H,23,24)(H,27,28). The maximum atomic E-state index is 12.3. The summed E-state index contributed by atoms with van der Waals surface area (Å²) in [7, 11) is 0. The molecule has 8 N–H and O–H groups in total. The van der Waals surface area contributed by atoms with Crippen molar-refractivity contribution in [3.8, 4) is 0 Å². The number of primary amides is 1. The van der Waals surface area contributed by atoms with E-state index in [0.29, 0.717) is 12.8 Å². The smallest absolute Gasteiger partial charge is 0.326 e. The Morgan fingerprint density at radius 3 is 2.29 bits per heavy atom. The summed E-state index contributed by atoms with van der Waals surface area (Å²) in [6, 6.07) is -3.74. The number of hydrogen-bond donors (Lipinski definition) is 6. The lowest BCUT2D eigenvalue weighted by molar-refractivity contribution is -0.144. The molecule has 1 fully saturated rings. The molecule has 0 bridgehead atoms. The van der Waals surface area contributed by atoms with Gasteiger partial charge in [0.2, 0.25) is 23.6 Å². The summed E-state index contributed by atoms with van der Waals surface area (Å²) in [5.74, 6) is -5.84. The van der Waals surface area contributed by atoms with Crippen molar-refractivity contribution in [2.75, 3.05) is 13.1 Å². The fourth-order valence-corrected chi connectivity index (χ4v) is 2.72. The normalized spacial score (nSPS) is 18.0. The van der Waals surface area contributed by atoms with Gasteiger partial charge in [0.1, 0.15) is 12.1 Å².